The fourth-order valence-corrected chi connectivity index (χ4v) is 3.13. The smallest absolute Gasteiger partial charge is 0.178 e. The molecule has 0 spiro atoms. The molecule has 2 rings (SSSR count). The first kappa shape index (κ1) is 14.7. The van der Waals surface area contributed by atoms with Crippen molar-refractivity contribution in [3.63, 3.8) is 0 Å². The first-order valence-corrected chi connectivity index (χ1v) is 7.73. The van der Waals surface area contributed by atoms with Gasteiger partial charge in [0.25, 0.3) is 0 Å². The highest BCUT2D eigenvalue weighted by Crippen LogP contribution is 2.28. The maximum absolute atomic E-state index is 13.5. The lowest BCUT2D eigenvalue weighted by molar-refractivity contribution is 0.402. The quantitative estimate of drug-likeness (QED) is 0.716. The molecule has 104 valence electrons. The molecule has 1 aromatic carbocycles. The van der Waals surface area contributed by atoms with E-state index in [2.05, 4.69) is 46.3 Å². The van der Waals surface area contributed by atoms with Crippen molar-refractivity contribution in [2.45, 2.75) is 39.7 Å². The number of fused-ring (bicyclic) bond motifs is 1. The Balaban J connectivity index is 2.51. The van der Waals surface area contributed by atoms with Crippen LogP contribution < -0.4 is 0 Å². The van der Waals surface area contributed by atoms with Gasteiger partial charge in [-0.25, -0.2) is 4.39 Å². The number of benzene rings is 1. The summed E-state index contributed by atoms with van der Waals surface area (Å²) in [7, 11) is 0. The minimum atomic E-state index is -0.273. The van der Waals surface area contributed by atoms with Gasteiger partial charge in [-0.2, -0.15) is 0 Å². The molecular formula is C14H18BrFN2S. The summed E-state index contributed by atoms with van der Waals surface area (Å²) in [6, 6.07) is 3.58. The van der Waals surface area contributed by atoms with E-state index in [0.29, 0.717) is 21.2 Å². The van der Waals surface area contributed by atoms with Crippen LogP contribution in [0, 0.1) is 16.5 Å². The molecule has 0 saturated carbocycles. The summed E-state index contributed by atoms with van der Waals surface area (Å²) in [5, 5.41) is 0. The summed E-state index contributed by atoms with van der Waals surface area (Å²) in [5.41, 5.74) is 1.70. The van der Waals surface area contributed by atoms with E-state index in [1.165, 1.54) is 6.07 Å². The van der Waals surface area contributed by atoms with E-state index in [-0.39, 0.29) is 5.82 Å². The third-order valence-corrected chi connectivity index (χ3v) is 4.55. The van der Waals surface area contributed by atoms with Gasteiger partial charge < -0.3 is 9.55 Å². The summed E-state index contributed by atoms with van der Waals surface area (Å²) in [6.45, 7) is 6.59. The summed E-state index contributed by atoms with van der Waals surface area (Å²) in [6.07, 6.45) is 2.21. The molecule has 0 aliphatic heterocycles. The fraction of sp³-hybridized carbons (Fsp3) is 0.500. The molecule has 2 nitrogen and oxygen atoms in total. The van der Waals surface area contributed by atoms with Crippen LogP contribution in [0.1, 0.15) is 39.7 Å². The van der Waals surface area contributed by atoms with Crippen LogP contribution in [0.2, 0.25) is 0 Å². The zero-order valence-electron chi connectivity index (χ0n) is 11.3. The highest BCUT2D eigenvalue weighted by Gasteiger charge is 2.15. The number of nitrogens with one attached hydrogen (secondary N) is 1. The topological polar surface area (TPSA) is 20.7 Å². The first-order chi connectivity index (χ1) is 8.93. The lowest BCUT2D eigenvalue weighted by atomic mass is 10.0. The molecule has 2 aromatic rings. The Labute approximate surface area is 126 Å². The lowest BCUT2D eigenvalue weighted by Gasteiger charge is -2.18. The van der Waals surface area contributed by atoms with E-state index in [1.807, 2.05) is 0 Å². The van der Waals surface area contributed by atoms with Crippen molar-refractivity contribution in [1.82, 2.24) is 9.55 Å². The van der Waals surface area contributed by atoms with Gasteiger partial charge in [0.05, 0.1) is 15.5 Å². The second-order valence-electron chi connectivity index (χ2n) is 5.18. The molecule has 2 atom stereocenters. The van der Waals surface area contributed by atoms with E-state index in [0.717, 1.165) is 23.9 Å². The minimum Gasteiger partial charge on any atom is -0.330 e. The van der Waals surface area contributed by atoms with Gasteiger partial charge in [-0.15, -0.1) is 0 Å². The van der Waals surface area contributed by atoms with E-state index >= 15 is 0 Å². The molecule has 0 saturated heterocycles. The second kappa shape index (κ2) is 5.75. The van der Waals surface area contributed by atoms with Crippen LogP contribution >= 0.6 is 28.1 Å². The molecule has 0 aliphatic rings. The normalized spacial score (nSPS) is 14.8. The summed E-state index contributed by atoms with van der Waals surface area (Å²) >= 11 is 8.61. The number of imidazole rings is 1. The van der Waals surface area contributed by atoms with E-state index in [1.54, 1.807) is 6.07 Å². The van der Waals surface area contributed by atoms with Crippen LogP contribution in [-0.4, -0.2) is 9.55 Å². The van der Waals surface area contributed by atoms with Crippen LogP contribution in [-0.2, 0) is 0 Å². The number of halogens is 2. The largest absolute Gasteiger partial charge is 0.330 e. The van der Waals surface area contributed by atoms with Crippen LogP contribution in [0.25, 0.3) is 11.0 Å². The summed E-state index contributed by atoms with van der Waals surface area (Å²) in [4.78, 5) is 3.08. The summed E-state index contributed by atoms with van der Waals surface area (Å²) < 4.78 is 16.8. The van der Waals surface area contributed by atoms with Gasteiger partial charge in [-0.1, -0.05) is 20.3 Å². The molecule has 1 N–H and O–H groups in total. The van der Waals surface area contributed by atoms with Crippen LogP contribution in [0.3, 0.4) is 0 Å². The van der Waals surface area contributed by atoms with Crippen LogP contribution in [0.15, 0.2) is 16.6 Å². The average Bonchev–Trinajstić information content (AvgIpc) is 2.65. The molecular weight excluding hydrogens is 327 g/mol. The van der Waals surface area contributed by atoms with Crippen molar-refractivity contribution in [2.24, 2.45) is 5.92 Å². The molecule has 0 bridgehead atoms. The van der Waals surface area contributed by atoms with Gasteiger partial charge in [-0.3, -0.25) is 0 Å². The van der Waals surface area contributed by atoms with Crippen molar-refractivity contribution in [3.05, 3.63) is 27.2 Å². The first-order valence-electron chi connectivity index (χ1n) is 6.53. The van der Waals surface area contributed by atoms with Crippen molar-refractivity contribution in [3.8, 4) is 0 Å². The van der Waals surface area contributed by atoms with Crippen molar-refractivity contribution in [2.75, 3.05) is 0 Å². The number of hydrogen-bond acceptors (Lipinski definition) is 1. The second-order valence-corrected chi connectivity index (χ2v) is 6.42. The Morgan fingerprint density at radius 3 is 2.74 bits per heavy atom. The maximum Gasteiger partial charge on any atom is 0.178 e. The number of nitrogens with zero attached hydrogens (tertiary/aromatic N) is 1. The van der Waals surface area contributed by atoms with Gasteiger partial charge in [0.15, 0.2) is 4.77 Å². The van der Waals surface area contributed by atoms with E-state index < -0.39 is 0 Å². The highest BCUT2D eigenvalue weighted by atomic mass is 79.9. The Hall–Kier alpha value is -0.680. The van der Waals surface area contributed by atoms with Crippen molar-refractivity contribution >= 4 is 39.2 Å². The monoisotopic (exact) mass is 344 g/mol. The zero-order valence-corrected chi connectivity index (χ0v) is 13.7. The third kappa shape index (κ3) is 2.92. The van der Waals surface area contributed by atoms with Gasteiger partial charge in [0.2, 0.25) is 0 Å². The van der Waals surface area contributed by atoms with Crippen LogP contribution in [0.4, 0.5) is 4.39 Å². The van der Waals surface area contributed by atoms with E-state index in [9.17, 15) is 4.39 Å². The third-order valence-electron chi connectivity index (χ3n) is 3.64. The van der Waals surface area contributed by atoms with Gasteiger partial charge in [-0.05, 0) is 53.5 Å². The van der Waals surface area contributed by atoms with Crippen molar-refractivity contribution < 1.29 is 4.39 Å². The Bertz CT molecular complexity index is 647. The Morgan fingerprint density at radius 1 is 1.42 bits per heavy atom. The molecule has 19 heavy (non-hydrogen) atoms. The van der Waals surface area contributed by atoms with E-state index in [4.69, 9.17) is 12.2 Å². The Morgan fingerprint density at radius 2 is 2.11 bits per heavy atom. The molecule has 0 aliphatic carbocycles. The number of hydrogen-bond donors (Lipinski definition) is 1. The van der Waals surface area contributed by atoms with Crippen LogP contribution in [0.5, 0.6) is 0 Å². The molecule has 0 radical (unpaired) electrons. The molecule has 1 aromatic heterocycles. The Kier molecular flexibility index (Phi) is 4.46. The van der Waals surface area contributed by atoms with Gasteiger partial charge >= 0.3 is 0 Å². The fourth-order valence-electron chi connectivity index (χ4n) is 2.41. The zero-order chi connectivity index (χ0) is 14.2. The molecule has 0 amide bonds. The minimum absolute atomic E-state index is 0.273. The molecule has 0 fully saturated rings. The molecule has 1 heterocycles. The number of aromatic amines is 1. The predicted molar refractivity (Wildman–Crippen MR) is 83.6 cm³/mol. The predicted octanol–water partition coefficient (Wildman–Crippen LogP) is 5.60. The average molecular weight is 345 g/mol. The SMILES string of the molecule is CCC(C)CC(C)n1c(=S)[nH]c2cc(F)c(Br)cc21. The van der Waals surface area contributed by atoms with Gasteiger partial charge in [0.1, 0.15) is 5.82 Å². The maximum atomic E-state index is 13.5. The number of aromatic nitrogens is 2. The molecule has 2 unspecified atom stereocenters. The number of rotatable bonds is 4. The lowest BCUT2D eigenvalue weighted by Crippen LogP contribution is -2.09. The van der Waals surface area contributed by atoms with Crippen molar-refractivity contribution in [1.29, 1.82) is 0 Å². The highest BCUT2D eigenvalue weighted by molar-refractivity contribution is 9.10. The summed E-state index contributed by atoms with van der Waals surface area (Å²) in [5.74, 6) is 0.371. The molecule has 5 heteroatoms. The standard InChI is InChI=1S/C14H18BrFN2S/c1-4-8(2)5-9(3)18-13-6-10(15)11(16)7-12(13)17-14(18)19/h6-9H,4-5H2,1-3H3,(H,17,19). The number of H-pyrrole nitrogens is 1. The van der Waals surface area contributed by atoms with Gasteiger partial charge in [0, 0.05) is 12.1 Å².